The molecule has 1 aromatic heterocycles. The molecule has 2 nitrogen and oxygen atoms in total. The maximum atomic E-state index is 6.93. The first-order valence-corrected chi connectivity index (χ1v) is 14.1. The normalized spacial score (nSPS) is 27.8. The molecule has 0 saturated heterocycles. The van der Waals surface area contributed by atoms with Gasteiger partial charge in [0.25, 0.3) is 0 Å². The van der Waals surface area contributed by atoms with Gasteiger partial charge in [0.05, 0.1) is 11.4 Å². The summed E-state index contributed by atoms with van der Waals surface area (Å²) in [6.45, 7) is 4.57. The topological polar surface area (TPSA) is 25.8 Å². The predicted molar refractivity (Wildman–Crippen MR) is 134 cm³/mol. The summed E-state index contributed by atoms with van der Waals surface area (Å²) in [7, 11) is 0. The van der Waals surface area contributed by atoms with Crippen molar-refractivity contribution in [3.63, 3.8) is 0 Å². The summed E-state index contributed by atoms with van der Waals surface area (Å²) in [6, 6.07) is 4.42. The molecule has 0 N–H and O–H groups in total. The number of aromatic nitrogens is 2. The summed E-state index contributed by atoms with van der Waals surface area (Å²) in [5.41, 5.74) is 2.34. The van der Waals surface area contributed by atoms with Crippen molar-refractivity contribution in [2.75, 3.05) is 0 Å². The average molecular weight is 447 g/mol. The molecule has 2 saturated carbocycles. The summed E-state index contributed by atoms with van der Waals surface area (Å²) >= 11 is 6.93. The van der Waals surface area contributed by atoms with E-state index in [1.165, 1.54) is 102 Å². The fourth-order valence-corrected chi connectivity index (χ4v) is 6.58. The molecule has 1 unspecified atom stereocenters. The third-order valence-corrected chi connectivity index (χ3v) is 8.78. The molecular weight excluding hydrogens is 400 g/mol. The smallest absolute Gasteiger partial charge is 0.0631 e. The van der Waals surface area contributed by atoms with Crippen molar-refractivity contribution in [1.82, 2.24) is 10.2 Å². The van der Waals surface area contributed by atoms with E-state index in [1.54, 1.807) is 0 Å². The minimum Gasteiger partial charge on any atom is -0.155 e. The Morgan fingerprint density at radius 2 is 1.32 bits per heavy atom. The number of alkyl halides is 1. The third-order valence-electron chi connectivity index (χ3n) is 8.24. The largest absolute Gasteiger partial charge is 0.155 e. The lowest BCUT2D eigenvalue weighted by atomic mass is 9.74. The van der Waals surface area contributed by atoms with Crippen LogP contribution in [0.3, 0.4) is 0 Å². The highest BCUT2D eigenvalue weighted by Gasteiger charge is 2.29. The number of hydrogen-bond donors (Lipinski definition) is 0. The fraction of sp³-hybridized carbons (Fsp3) is 0.857. The first kappa shape index (κ1) is 25.0. The van der Waals surface area contributed by atoms with Crippen molar-refractivity contribution in [2.45, 2.75) is 128 Å². The van der Waals surface area contributed by atoms with Gasteiger partial charge in [0.1, 0.15) is 0 Å². The molecule has 1 heterocycles. The van der Waals surface area contributed by atoms with Gasteiger partial charge in [-0.1, -0.05) is 78.1 Å². The lowest BCUT2D eigenvalue weighted by molar-refractivity contribution is 0.213. The molecule has 0 radical (unpaired) electrons. The second-order valence-electron chi connectivity index (χ2n) is 10.7. The summed E-state index contributed by atoms with van der Waals surface area (Å²) in [5, 5.41) is 9.38. The third kappa shape index (κ3) is 8.67. The van der Waals surface area contributed by atoms with Crippen LogP contribution in [-0.4, -0.2) is 15.6 Å². The molecule has 1 aromatic rings. The van der Waals surface area contributed by atoms with Gasteiger partial charge in [0, 0.05) is 5.38 Å². The molecule has 3 rings (SSSR count). The molecule has 0 spiro atoms. The Morgan fingerprint density at radius 1 is 0.742 bits per heavy atom. The monoisotopic (exact) mass is 446 g/mol. The van der Waals surface area contributed by atoms with Crippen LogP contribution in [0.25, 0.3) is 0 Å². The number of rotatable bonds is 12. The van der Waals surface area contributed by atoms with Gasteiger partial charge in [-0.05, 0) is 80.8 Å². The summed E-state index contributed by atoms with van der Waals surface area (Å²) in [5.74, 6) is 3.52. The molecular formula is C28H47ClN2. The summed E-state index contributed by atoms with van der Waals surface area (Å²) in [6.07, 6.45) is 22.5. The molecule has 0 amide bonds. The molecule has 2 fully saturated rings. The molecule has 3 heteroatoms. The molecule has 176 valence electrons. The Kier molecular flexibility index (Phi) is 11.1. The molecule has 2 aliphatic carbocycles. The molecule has 2 aliphatic rings. The van der Waals surface area contributed by atoms with E-state index in [2.05, 4.69) is 36.2 Å². The van der Waals surface area contributed by atoms with E-state index < -0.39 is 0 Å². The van der Waals surface area contributed by atoms with Crippen molar-refractivity contribution in [2.24, 2.45) is 23.7 Å². The Labute approximate surface area is 197 Å². The fourth-order valence-electron chi connectivity index (χ4n) is 6.08. The van der Waals surface area contributed by atoms with Gasteiger partial charge in [-0.2, -0.15) is 10.2 Å². The quantitative estimate of drug-likeness (QED) is 0.237. The minimum absolute atomic E-state index is 0.426. The van der Waals surface area contributed by atoms with E-state index in [-0.39, 0.29) is 0 Å². The number of unbranched alkanes of at least 4 members (excludes halogenated alkanes) is 2. The number of halogens is 1. The van der Waals surface area contributed by atoms with Crippen molar-refractivity contribution in [3.05, 3.63) is 23.5 Å². The first-order valence-electron chi connectivity index (χ1n) is 13.6. The SMILES string of the molecule is CCCCCc1ccc(CC[C@H]2CC[C@H](CC(Cl)[C@H]3CC[C@H](CCC)CC3)CC2)nn1. The maximum Gasteiger partial charge on any atom is 0.0631 e. The van der Waals surface area contributed by atoms with E-state index in [4.69, 9.17) is 11.6 Å². The number of nitrogens with zero attached hydrogens (tertiary/aromatic N) is 2. The van der Waals surface area contributed by atoms with Gasteiger partial charge in [-0.25, -0.2) is 0 Å². The average Bonchev–Trinajstić information content (AvgIpc) is 2.80. The molecule has 0 aliphatic heterocycles. The van der Waals surface area contributed by atoms with Crippen LogP contribution in [0.4, 0.5) is 0 Å². The molecule has 1 atom stereocenters. The van der Waals surface area contributed by atoms with E-state index in [1.807, 2.05) is 0 Å². The van der Waals surface area contributed by atoms with Crippen LogP contribution in [0.5, 0.6) is 0 Å². The van der Waals surface area contributed by atoms with Crippen LogP contribution in [-0.2, 0) is 12.8 Å². The van der Waals surface area contributed by atoms with Crippen LogP contribution in [0.2, 0.25) is 0 Å². The lowest BCUT2D eigenvalue weighted by Crippen LogP contribution is -2.26. The molecule has 0 bridgehead atoms. The Hall–Kier alpha value is -0.630. The molecule has 31 heavy (non-hydrogen) atoms. The highest BCUT2D eigenvalue weighted by Crippen LogP contribution is 2.40. The molecule has 0 aromatic carbocycles. The van der Waals surface area contributed by atoms with Crippen molar-refractivity contribution in [3.8, 4) is 0 Å². The van der Waals surface area contributed by atoms with Crippen LogP contribution in [0.15, 0.2) is 12.1 Å². The highest BCUT2D eigenvalue weighted by molar-refractivity contribution is 6.20. The maximum absolute atomic E-state index is 6.93. The van der Waals surface area contributed by atoms with Gasteiger partial charge < -0.3 is 0 Å². The van der Waals surface area contributed by atoms with Crippen molar-refractivity contribution >= 4 is 11.6 Å². The van der Waals surface area contributed by atoms with Crippen LogP contribution in [0, 0.1) is 23.7 Å². The van der Waals surface area contributed by atoms with Crippen molar-refractivity contribution in [1.29, 1.82) is 0 Å². The minimum atomic E-state index is 0.426. The van der Waals surface area contributed by atoms with Crippen molar-refractivity contribution < 1.29 is 0 Å². The Morgan fingerprint density at radius 3 is 1.94 bits per heavy atom. The zero-order valence-electron chi connectivity index (χ0n) is 20.3. The Balaban J connectivity index is 1.30. The standard InChI is InChI=1S/C28H47ClN2/c1-3-5-6-8-26-19-20-27(31-30-26)18-15-23-9-11-24(12-10-23)21-28(29)25-16-13-22(7-4-2)14-17-25/h19-20,22-25,28H,3-18,21H2,1-2H3/t22-,23-,24-,25-,28?. The van der Waals surface area contributed by atoms with Gasteiger partial charge in [0.2, 0.25) is 0 Å². The zero-order valence-corrected chi connectivity index (χ0v) is 21.1. The first-order chi connectivity index (χ1) is 15.2. The highest BCUT2D eigenvalue weighted by atomic mass is 35.5. The number of hydrogen-bond acceptors (Lipinski definition) is 2. The lowest BCUT2D eigenvalue weighted by Gasteiger charge is -2.34. The van der Waals surface area contributed by atoms with E-state index in [9.17, 15) is 0 Å². The van der Waals surface area contributed by atoms with Gasteiger partial charge in [-0.3, -0.25) is 0 Å². The predicted octanol–water partition coefficient (Wildman–Crippen LogP) is 8.55. The zero-order chi connectivity index (χ0) is 21.9. The van der Waals surface area contributed by atoms with Crippen LogP contribution in [0.1, 0.15) is 122 Å². The van der Waals surface area contributed by atoms with Gasteiger partial charge in [-0.15, -0.1) is 11.6 Å². The van der Waals surface area contributed by atoms with E-state index in [0.717, 1.165) is 42.2 Å². The van der Waals surface area contributed by atoms with Crippen LogP contribution < -0.4 is 0 Å². The van der Waals surface area contributed by atoms with Gasteiger partial charge in [0.15, 0.2) is 0 Å². The summed E-state index contributed by atoms with van der Waals surface area (Å²) < 4.78 is 0. The number of aryl methyl sites for hydroxylation is 2. The summed E-state index contributed by atoms with van der Waals surface area (Å²) in [4.78, 5) is 0. The van der Waals surface area contributed by atoms with Gasteiger partial charge >= 0.3 is 0 Å². The second-order valence-corrected chi connectivity index (χ2v) is 11.3. The van der Waals surface area contributed by atoms with Crippen LogP contribution >= 0.6 is 11.6 Å². The van der Waals surface area contributed by atoms with E-state index in [0.29, 0.717) is 5.38 Å². The Bertz CT molecular complexity index is 586. The second kappa shape index (κ2) is 13.8. The van der Waals surface area contributed by atoms with E-state index >= 15 is 0 Å².